The highest BCUT2D eigenvalue weighted by molar-refractivity contribution is 7.47. The van der Waals surface area contributed by atoms with Crippen LogP contribution in [-0.2, 0) is 27.9 Å². The Morgan fingerprint density at radius 2 is 0.735 bits per heavy atom. The van der Waals surface area contributed by atoms with Gasteiger partial charge >= 0.3 is 13.8 Å². The first kappa shape index (κ1) is 80.7. The minimum Gasteiger partial charge on any atom is -0.456 e. The maximum absolute atomic E-state index is 13.6. The molecule has 0 radical (unpaired) electrons. The van der Waals surface area contributed by atoms with Gasteiger partial charge in [0.05, 0.1) is 33.8 Å². The molecule has 0 fully saturated rings. The van der Waals surface area contributed by atoms with Gasteiger partial charge in [-0.3, -0.25) is 18.6 Å². The Morgan fingerprint density at radius 1 is 0.422 bits per heavy atom. The number of hydrogen-bond acceptors (Lipinski definition) is 6. The standard InChI is InChI=1S/C73H137N2O7P/c1-7-10-13-16-19-22-25-27-29-31-33-35-36-37-38-40-41-43-45-47-50-53-56-59-62-65-72(76)74-70(69-81-83(78,79)80-68-67-75(4,5)6)71(64-61-58-55-52-49-24-21-18-15-12-9-3)82-73(77)66-63-60-57-54-51-48-46-44-42-39-34-32-30-28-26-23-20-17-14-11-8-2/h19,22,27,29,33,35,37-38,61,64,70-71H,7-18,20-21,23-26,28,30-32,34,36,39-60,62-63,65-69H2,1-6H3,(H-,74,76,78,79)/p+1/b22-19-,29-27-,35-33-,38-37-,64-61+. The van der Waals surface area contributed by atoms with Gasteiger partial charge < -0.3 is 19.4 Å². The monoisotopic (exact) mass is 1190 g/mol. The van der Waals surface area contributed by atoms with Gasteiger partial charge in [-0.25, -0.2) is 4.57 Å². The lowest BCUT2D eigenvalue weighted by Gasteiger charge is -2.27. The highest BCUT2D eigenvalue weighted by Crippen LogP contribution is 2.43. The molecule has 0 spiro atoms. The van der Waals surface area contributed by atoms with Crippen LogP contribution in [0.25, 0.3) is 0 Å². The van der Waals surface area contributed by atoms with Crippen molar-refractivity contribution < 1.29 is 37.3 Å². The van der Waals surface area contributed by atoms with Crippen LogP contribution in [0.3, 0.4) is 0 Å². The zero-order valence-electron chi connectivity index (χ0n) is 55.7. The third-order valence-corrected chi connectivity index (χ3v) is 16.9. The number of carbonyl (C=O) groups is 2. The van der Waals surface area contributed by atoms with Crippen LogP contribution in [0.4, 0.5) is 0 Å². The predicted molar refractivity (Wildman–Crippen MR) is 360 cm³/mol. The maximum atomic E-state index is 13.6. The van der Waals surface area contributed by atoms with E-state index in [1.807, 2.05) is 33.3 Å². The van der Waals surface area contributed by atoms with Crippen LogP contribution < -0.4 is 5.32 Å². The number of carbonyl (C=O) groups excluding carboxylic acids is 2. The van der Waals surface area contributed by atoms with E-state index in [9.17, 15) is 19.0 Å². The number of nitrogens with zero attached hydrogens (tertiary/aromatic N) is 1. The van der Waals surface area contributed by atoms with E-state index >= 15 is 0 Å². The topological polar surface area (TPSA) is 111 Å². The van der Waals surface area contributed by atoms with E-state index in [4.69, 9.17) is 13.8 Å². The van der Waals surface area contributed by atoms with E-state index in [1.165, 1.54) is 218 Å². The predicted octanol–water partition coefficient (Wildman–Crippen LogP) is 22.6. The number of allylic oxidation sites excluding steroid dienone is 9. The molecule has 0 aliphatic carbocycles. The van der Waals surface area contributed by atoms with Gasteiger partial charge in [-0.05, 0) is 76.7 Å². The van der Waals surface area contributed by atoms with Crippen LogP contribution in [0, 0.1) is 0 Å². The second kappa shape index (κ2) is 62.8. The number of ether oxygens (including phenoxy) is 1. The first-order valence-corrected chi connectivity index (χ1v) is 37.1. The van der Waals surface area contributed by atoms with Gasteiger partial charge in [0.25, 0.3) is 0 Å². The van der Waals surface area contributed by atoms with Crippen molar-refractivity contribution in [3.05, 3.63) is 60.8 Å². The molecule has 0 bridgehead atoms. The number of quaternary nitrogens is 1. The smallest absolute Gasteiger partial charge is 0.456 e. The molecule has 2 N–H and O–H groups in total. The largest absolute Gasteiger partial charge is 0.472 e. The lowest BCUT2D eigenvalue weighted by atomic mass is 10.0. The summed E-state index contributed by atoms with van der Waals surface area (Å²) in [5, 5.41) is 3.07. The Kier molecular flexibility index (Phi) is 61.0. The molecule has 0 aliphatic heterocycles. The summed E-state index contributed by atoms with van der Waals surface area (Å²) in [5.41, 5.74) is 0. The normalized spacial score (nSPS) is 13.9. The Hall–Kier alpha value is -2.29. The summed E-state index contributed by atoms with van der Waals surface area (Å²) in [5.74, 6) is -0.498. The van der Waals surface area contributed by atoms with Crippen LogP contribution in [-0.4, -0.2) is 74.3 Å². The zero-order chi connectivity index (χ0) is 60.7. The SMILES string of the molecule is CCCCC/C=C\C/C=C\C/C=C\C/C=C\CCCCCCCCCCCC(=O)NC(COP(=O)(O)OCC[N+](C)(C)C)C(/C=C/CCCCCCCCCCC)OC(=O)CCCCCCCCCCCCCCCCCCCCCCC. The van der Waals surface area contributed by atoms with E-state index in [0.29, 0.717) is 23.9 Å². The molecule has 0 heterocycles. The lowest BCUT2D eigenvalue weighted by molar-refractivity contribution is -0.870. The number of rotatable bonds is 65. The maximum Gasteiger partial charge on any atom is 0.472 e. The summed E-state index contributed by atoms with van der Waals surface area (Å²) in [6.45, 7) is 7.02. The summed E-state index contributed by atoms with van der Waals surface area (Å²) in [7, 11) is 1.50. The third kappa shape index (κ3) is 64.0. The summed E-state index contributed by atoms with van der Waals surface area (Å²) in [6.07, 6.45) is 80.9. The number of nitrogens with one attached hydrogen (secondary N) is 1. The average Bonchev–Trinajstić information content (AvgIpc) is 3.51. The Labute approximate surface area is 515 Å². The van der Waals surface area contributed by atoms with Crippen LogP contribution in [0.15, 0.2) is 60.8 Å². The number of unbranched alkanes of at least 4 members (excludes halogenated alkanes) is 41. The number of esters is 1. The molecule has 10 heteroatoms. The molecule has 486 valence electrons. The molecule has 9 nitrogen and oxygen atoms in total. The Balaban J connectivity index is 5.03. The van der Waals surface area contributed by atoms with Gasteiger partial charge in [-0.15, -0.1) is 0 Å². The molecule has 0 aliphatic rings. The zero-order valence-corrected chi connectivity index (χ0v) is 56.6. The minimum atomic E-state index is -4.45. The summed E-state index contributed by atoms with van der Waals surface area (Å²) in [4.78, 5) is 37.9. The number of amides is 1. The second-order valence-electron chi connectivity index (χ2n) is 25.4. The van der Waals surface area contributed by atoms with Crippen molar-refractivity contribution in [2.24, 2.45) is 0 Å². The highest BCUT2D eigenvalue weighted by Gasteiger charge is 2.30. The number of phosphoric acid groups is 1. The highest BCUT2D eigenvalue weighted by atomic mass is 31.2. The lowest BCUT2D eigenvalue weighted by Crippen LogP contribution is -2.47. The van der Waals surface area contributed by atoms with E-state index < -0.39 is 20.0 Å². The molecule has 0 saturated heterocycles. The van der Waals surface area contributed by atoms with Crippen molar-refractivity contribution in [3.63, 3.8) is 0 Å². The summed E-state index contributed by atoms with van der Waals surface area (Å²) in [6, 6.07) is -0.851. The molecule has 3 unspecified atom stereocenters. The molecule has 0 aromatic carbocycles. The van der Waals surface area contributed by atoms with Crippen molar-refractivity contribution in [2.45, 2.75) is 354 Å². The van der Waals surface area contributed by atoms with Gasteiger partial charge in [0.1, 0.15) is 19.3 Å². The molecular weight excluding hydrogens is 1050 g/mol. The van der Waals surface area contributed by atoms with Crippen molar-refractivity contribution in [3.8, 4) is 0 Å². The van der Waals surface area contributed by atoms with Crippen LogP contribution in [0.5, 0.6) is 0 Å². The Bertz CT molecular complexity index is 1600. The van der Waals surface area contributed by atoms with Gasteiger partial charge in [0.2, 0.25) is 5.91 Å². The van der Waals surface area contributed by atoms with E-state index in [2.05, 4.69) is 74.7 Å². The fourth-order valence-electron chi connectivity index (χ4n) is 10.5. The molecule has 0 aromatic rings. The first-order valence-electron chi connectivity index (χ1n) is 35.6. The summed E-state index contributed by atoms with van der Waals surface area (Å²) >= 11 is 0. The molecule has 83 heavy (non-hydrogen) atoms. The van der Waals surface area contributed by atoms with E-state index in [-0.39, 0.29) is 25.1 Å². The molecule has 3 atom stereocenters. The van der Waals surface area contributed by atoms with Crippen molar-refractivity contribution in [2.75, 3.05) is 40.9 Å². The summed E-state index contributed by atoms with van der Waals surface area (Å²) < 4.78 is 30.8. The fourth-order valence-corrected chi connectivity index (χ4v) is 11.2. The molecule has 0 rings (SSSR count). The van der Waals surface area contributed by atoms with Gasteiger partial charge in [0.15, 0.2) is 0 Å². The van der Waals surface area contributed by atoms with Crippen LogP contribution >= 0.6 is 7.82 Å². The first-order chi connectivity index (χ1) is 40.4. The fraction of sp³-hybridized carbons (Fsp3) is 0.836. The quantitative estimate of drug-likeness (QED) is 0.0205. The number of likely N-dealkylation sites (N-methyl/N-ethyl adjacent to an activating group) is 1. The van der Waals surface area contributed by atoms with Crippen molar-refractivity contribution in [1.29, 1.82) is 0 Å². The van der Waals surface area contributed by atoms with Crippen molar-refractivity contribution in [1.82, 2.24) is 5.32 Å². The Morgan fingerprint density at radius 3 is 1.12 bits per heavy atom. The van der Waals surface area contributed by atoms with Gasteiger partial charge in [-0.1, -0.05) is 313 Å². The molecule has 0 aromatic heterocycles. The average molecular weight is 1190 g/mol. The van der Waals surface area contributed by atoms with Gasteiger partial charge in [-0.2, -0.15) is 0 Å². The molecule has 0 saturated carbocycles. The molecular formula is C73H138N2O7P+. The van der Waals surface area contributed by atoms with Gasteiger partial charge in [0, 0.05) is 12.8 Å². The molecule has 1 amide bonds. The third-order valence-electron chi connectivity index (χ3n) is 16.0. The second-order valence-corrected chi connectivity index (χ2v) is 26.9. The van der Waals surface area contributed by atoms with Crippen LogP contribution in [0.1, 0.15) is 342 Å². The van der Waals surface area contributed by atoms with E-state index in [0.717, 1.165) is 89.9 Å². The van der Waals surface area contributed by atoms with Crippen LogP contribution in [0.2, 0.25) is 0 Å². The number of hydrogen-bond donors (Lipinski definition) is 2. The minimum absolute atomic E-state index is 0.0393. The van der Waals surface area contributed by atoms with Crippen molar-refractivity contribution >= 4 is 19.7 Å². The van der Waals surface area contributed by atoms with E-state index in [1.54, 1.807) is 0 Å². The number of phosphoric ester groups is 1.